The molecule has 34 heavy (non-hydrogen) atoms. The van der Waals surface area contributed by atoms with Crippen LogP contribution in [0.5, 0.6) is 5.75 Å². The molecule has 2 N–H and O–H groups in total. The van der Waals surface area contributed by atoms with Gasteiger partial charge >= 0.3 is 6.03 Å². The fourth-order valence-electron chi connectivity index (χ4n) is 3.67. The van der Waals surface area contributed by atoms with Crippen LogP contribution < -0.4 is 15.4 Å². The Morgan fingerprint density at radius 3 is 2.76 bits per heavy atom. The summed E-state index contributed by atoms with van der Waals surface area (Å²) >= 11 is 0. The smallest absolute Gasteiger partial charge is 0.319 e. The minimum atomic E-state index is -0.262. The highest BCUT2D eigenvalue weighted by atomic mass is 16.5. The van der Waals surface area contributed by atoms with Gasteiger partial charge in [-0.25, -0.2) is 14.8 Å². The quantitative estimate of drug-likeness (QED) is 0.364. The number of hydrogen-bond acceptors (Lipinski definition) is 5. The number of nitrogens with zero attached hydrogens (tertiary/aromatic N) is 3. The molecule has 8 nitrogen and oxygen atoms in total. The molecule has 0 spiro atoms. The van der Waals surface area contributed by atoms with Crippen molar-refractivity contribution in [2.75, 3.05) is 19.0 Å². The monoisotopic (exact) mass is 459 g/mol. The Bertz CT molecular complexity index is 1230. The first-order chi connectivity index (χ1) is 16.5. The molecule has 2 amide bonds. The van der Waals surface area contributed by atoms with Crippen molar-refractivity contribution in [3.63, 3.8) is 0 Å². The average Bonchev–Trinajstić information content (AvgIpc) is 3.49. The highest BCUT2D eigenvalue weighted by Crippen LogP contribution is 2.22. The average molecular weight is 460 g/mol. The van der Waals surface area contributed by atoms with E-state index in [2.05, 4.69) is 39.0 Å². The predicted molar refractivity (Wildman–Crippen MR) is 131 cm³/mol. The van der Waals surface area contributed by atoms with Crippen LogP contribution in [0, 0.1) is 0 Å². The lowest BCUT2D eigenvalue weighted by molar-refractivity contribution is 0.252. The summed E-state index contributed by atoms with van der Waals surface area (Å²) in [6, 6.07) is 15.1. The Hall–Kier alpha value is -4.07. The second-order valence-corrected chi connectivity index (χ2v) is 8.27. The maximum absolute atomic E-state index is 12.4. The Kier molecular flexibility index (Phi) is 7.27. The number of urea groups is 1. The predicted octanol–water partition coefficient (Wildman–Crippen LogP) is 5.08. The van der Waals surface area contributed by atoms with E-state index in [0.29, 0.717) is 31.3 Å². The van der Waals surface area contributed by atoms with E-state index in [1.807, 2.05) is 60.9 Å². The van der Waals surface area contributed by atoms with Crippen molar-refractivity contribution < 1.29 is 13.9 Å². The van der Waals surface area contributed by atoms with E-state index in [4.69, 9.17) is 9.15 Å². The molecule has 4 aromatic rings. The molecule has 0 radical (unpaired) electrons. The van der Waals surface area contributed by atoms with Gasteiger partial charge in [0.1, 0.15) is 17.8 Å². The van der Waals surface area contributed by atoms with Crippen LogP contribution in [0.25, 0.3) is 11.5 Å². The molecule has 0 atom stereocenters. The van der Waals surface area contributed by atoms with Gasteiger partial charge in [0.25, 0.3) is 0 Å². The van der Waals surface area contributed by atoms with E-state index in [1.165, 1.54) is 0 Å². The van der Waals surface area contributed by atoms with Crippen LogP contribution in [-0.2, 0) is 13.0 Å². The minimum absolute atomic E-state index is 0.262. The number of nitrogens with one attached hydrogen (secondary N) is 2. The molecular weight excluding hydrogens is 430 g/mol. The molecule has 0 saturated heterocycles. The SMILES string of the molecule is COc1ccc(-c2nc(CCNC(=O)Nc3cccc(Cn4ccnc4C(C)C)c3)co2)cc1. The minimum Gasteiger partial charge on any atom is -0.497 e. The van der Waals surface area contributed by atoms with Gasteiger partial charge in [0.05, 0.1) is 12.8 Å². The number of hydrogen-bond donors (Lipinski definition) is 2. The summed E-state index contributed by atoms with van der Waals surface area (Å²) in [5.74, 6) is 2.70. The molecule has 4 rings (SSSR count). The Balaban J connectivity index is 1.27. The largest absolute Gasteiger partial charge is 0.497 e. The van der Waals surface area contributed by atoms with Crippen LogP contribution in [0.15, 0.2) is 71.6 Å². The van der Waals surface area contributed by atoms with Crippen LogP contribution in [0.3, 0.4) is 0 Å². The molecule has 0 aliphatic rings. The molecule has 8 heteroatoms. The first kappa shape index (κ1) is 23.1. The Labute approximate surface area is 199 Å². The van der Waals surface area contributed by atoms with Crippen molar-refractivity contribution in [3.8, 4) is 17.2 Å². The van der Waals surface area contributed by atoms with Crippen molar-refractivity contribution in [3.05, 3.63) is 84.3 Å². The fraction of sp³-hybridized carbons (Fsp3) is 0.269. The zero-order valence-corrected chi connectivity index (χ0v) is 19.6. The summed E-state index contributed by atoms with van der Waals surface area (Å²) in [4.78, 5) is 21.3. The summed E-state index contributed by atoms with van der Waals surface area (Å²) in [6.07, 6.45) is 5.97. The number of imidazole rings is 1. The lowest BCUT2D eigenvalue weighted by Crippen LogP contribution is -2.30. The van der Waals surface area contributed by atoms with Gasteiger partial charge in [0.2, 0.25) is 5.89 Å². The Morgan fingerprint density at radius 1 is 1.18 bits per heavy atom. The number of methoxy groups -OCH3 is 1. The molecule has 0 aliphatic heterocycles. The van der Waals surface area contributed by atoms with Gasteiger partial charge in [-0.05, 0) is 42.0 Å². The van der Waals surface area contributed by atoms with E-state index in [9.17, 15) is 4.79 Å². The highest BCUT2D eigenvalue weighted by molar-refractivity contribution is 5.89. The summed E-state index contributed by atoms with van der Waals surface area (Å²) in [6.45, 7) is 5.39. The van der Waals surface area contributed by atoms with E-state index in [-0.39, 0.29) is 6.03 Å². The molecule has 0 fully saturated rings. The van der Waals surface area contributed by atoms with E-state index in [1.54, 1.807) is 13.4 Å². The molecule has 0 aliphatic carbocycles. The van der Waals surface area contributed by atoms with Crippen molar-refractivity contribution >= 4 is 11.7 Å². The van der Waals surface area contributed by atoms with Gasteiger partial charge in [-0.1, -0.05) is 26.0 Å². The number of anilines is 1. The van der Waals surface area contributed by atoms with Crippen LogP contribution in [0.2, 0.25) is 0 Å². The second-order valence-electron chi connectivity index (χ2n) is 8.27. The maximum atomic E-state index is 12.4. The summed E-state index contributed by atoms with van der Waals surface area (Å²) in [5.41, 5.74) is 3.47. The molecule has 2 aromatic heterocycles. The first-order valence-electron chi connectivity index (χ1n) is 11.3. The number of carbonyl (C=O) groups excluding carboxylic acids is 1. The summed E-state index contributed by atoms with van der Waals surface area (Å²) in [7, 11) is 1.63. The highest BCUT2D eigenvalue weighted by Gasteiger charge is 2.10. The van der Waals surface area contributed by atoms with Crippen molar-refractivity contribution in [2.45, 2.75) is 32.7 Å². The third-order valence-electron chi connectivity index (χ3n) is 5.36. The number of carbonyl (C=O) groups is 1. The zero-order chi connectivity index (χ0) is 23.9. The van der Waals surface area contributed by atoms with Gasteiger partial charge in [0, 0.05) is 49.1 Å². The third-order valence-corrected chi connectivity index (χ3v) is 5.36. The van der Waals surface area contributed by atoms with Gasteiger partial charge in [-0.2, -0.15) is 0 Å². The topological polar surface area (TPSA) is 94.2 Å². The molecule has 0 bridgehead atoms. The number of oxazole rings is 1. The summed E-state index contributed by atoms with van der Waals surface area (Å²) < 4.78 is 12.9. The number of benzene rings is 2. The molecular formula is C26H29N5O3. The summed E-state index contributed by atoms with van der Waals surface area (Å²) in [5, 5.41) is 5.77. The lowest BCUT2D eigenvalue weighted by atomic mass is 10.1. The number of rotatable bonds is 9. The standard InChI is InChI=1S/C26H29N5O3/c1-18(2)24-27-13-14-31(24)16-19-5-4-6-21(15-19)30-26(32)28-12-11-22-17-34-25(29-22)20-7-9-23(33-3)10-8-20/h4-10,13-15,17-18H,11-12,16H2,1-3H3,(H2,28,30,32). The first-order valence-corrected chi connectivity index (χ1v) is 11.3. The molecule has 0 unspecified atom stereocenters. The zero-order valence-electron chi connectivity index (χ0n) is 19.6. The van der Waals surface area contributed by atoms with Gasteiger partial charge in [0.15, 0.2) is 0 Å². The number of aromatic nitrogens is 3. The Morgan fingerprint density at radius 2 is 2.00 bits per heavy atom. The fourth-order valence-corrected chi connectivity index (χ4v) is 3.67. The second kappa shape index (κ2) is 10.7. The molecule has 176 valence electrons. The maximum Gasteiger partial charge on any atom is 0.319 e. The number of ether oxygens (including phenoxy) is 1. The van der Waals surface area contributed by atoms with E-state index in [0.717, 1.165) is 34.1 Å². The van der Waals surface area contributed by atoms with E-state index >= 15 is 0 Å². The van der Waals surface area contributed by atoms with Crippen molar-refractivity contribution in [2.24, 2.45) is 0 Å². The van der Waals surface area contributed by atoms with Crippen molar-refractivity contribution in [1.82, 2.24) is 19.9 Å². The van der Waals surface area contributed by atoms with Crippen LogP contribution >= 0.6 is 0 Å². The third kappa shape index (κ3) is 5.83. The van der Waals surface area contributed by atoms with Gasteiger partial charge in [-0.3, -0.25) is 0 Å². The normalized spacial score (nSPS) is 10.9. The van der Waals surface area contributed by atoms with Gasteiger partial charge < -0.3 is 24.4 Å². The van der Waals surface area contributed by atoms with Crippen LogP contribution in [0.4, 0.5) is 10.5 Å². The molecule has 0 saturated carbocycles. The van der Waals surface area contributed by atoms with Crippen molar-refractivity contribution in [1.29, 1.82) is 0 Å². The van der Waals surface area contributed by atoms with Crippen LogP contribution in [0.1, 0.15) is 36.8 Å². The van der Waals surface area contributed by atoms with E-state index < -0.39 is 0 Å². The number of amides is 2. The van der Waals surface area contributed by atoms with Gasteiger partial charge in [-0.15, -0.1) is 0 Å². The lowest BCUT2D eigenvalue weighted by Gasteiger charge is -2.12. The molecule has 2 aromatic carbocycles. The van der Waals surface area contributed by atoms with Crippen LogP contribution in [-0.4, -0.2) is 34.2 Å². The molecule has 2 heterocycles.